The summed E-state index contributed by atoms with van der Waals surface area (Å²) < 4.78 is 98.6. The summed E-state index contributed by atoms with van der Waals surface area (Å²) in [6, 6.07) is 16.2. The quantitative estimate of drug-likeness (QED) is 0.0901. The van der Waals surface area contributed by atoms with E-state index in [-0.39, 0.29) is 66.0 Å². The number of aromatic amines is 1. The van der Waals surface area contributed by atoms with Crippen molar-refractivity contribution in [1.82, 2.24) is 4.98 Å². The molecule has 0 saturated carbocycles. The SMILES string of the molecule is Cc1cc(C(O)(C(C)c2ccc(Oc3cc(Cl)c(C(=O)O)c(Oc4ccc(C(C)C(O)(c5ccc(CC#N)[nH]5)C(F)(F)F)c(Cl)c4)c3)cc2Cl)C(F)(F)F)sc1C#N. The first kappa shape index (κ1) is 44.2. The zero-order valence-corrected chi connectivity index (χ0v) is 33.1. The van der Waals surface area contributed by atoms with E-state index in [1.54, 1.807) is 6.07 Å². The molecule has 0 radical (unpaired) electrons. The highest BCUT2D eigenvalue weighted by atomic mass is 35.5. The number of aliphatic hydroxyl groups is 2. The number of thiophene rings is 1. The summed E-state index contributed by atoms with van der Waals surface area (Å²) in [5.41, 5.74) is -7.97. The van der Waals surface area contributed by atoms with E-state index in [1.807, 2.05) is 6.07 Å². The molecule has 4 unspecified atom stereocenters. The number of nitriles is 2. The Bertz CT molecular complexity index is 2480. The van der Waals surface area contributed by atoms with Crippen molar-refractivity contribution in [3.05, 3.63) is 125 Å². The van der Waals surface area contributed by atoms with Crippen LogP contribution in [0.1, 0.15) is 73.9 Å². The Morgan fingerprint density at radius 2 is 1.33 bits per heavy atom. The Morgan fingerprint density at radius 1 is 0.793 bits per heavy atom. The number of hydrogen-bond acceptors (Lipinski definition) is 8. The van der Waals surface area contributed by atoms with E-state index in [2.05, 4.69) is 4.98 Å². The lowest BCUT2D eigenvalue weighted by atomic mass is 9.80. The first-order chi connectivity index (χ1) is 27.0. The van der Waals surface area contributed by atoms with Crippen LogP contribution >= 0.6 is 46.1 Å². The average molecular weight is 887 g/mol. The van der Waals surface area contributed by atoms with Crippen molar-refractivity contribution < 1.29 is 55.9 Å². The van der Waals surface area contributed by atoms with Gasteiger partial charge >= 0.3 is 18.3 Å². The number of alkyl halides is 6. The van der Waals surface area contributed by atoms with Gasteiger partial charge in [-0.2, -0.15) is 36.9 Å². The van der Waals surface area contributed by atoms with Crippen LogP contribution in [0.5, 0.6) is 23.0 Å². The van der Waals surface area contributed by atoms with Crippen molar-refractivity contribution in [3.63, 3.8) is 0 Å². The van der Waals surface area contributed by atoms with Crippen LogP contribution in [0.3, 0.4) is 0 Å². The summed E-state index contributed by atoms with van der Waals surface area (Å²) >= 11 is 19.7. The molecule has 2 heterocycles. The normalized spacial score (nSPS) is 15.0. The molecule has 0 aliphatic carbocycles. The zero-order chi connectivity index (χ0) is 43.1. The van der Waals surface area contributed by atoms with Gasteiger partial charge in [-0.3, -0.25) is 0 Å². The highest BCUT2D eigenvalue weighted by Crippen LogP contribution is 2.53. The molecule has 5 aromatic rings. The maximum Gasteiger partial charge on any atom is 0.423 e. The molecule has 0 fully saturated rings. The van der Waals surface area contributed by atoms with E-state index in [0.717, 1.165) is 56.3 Å². The van der Waals surface area contributed by atoms with Crippen LogP contribution in [0.25, 0.3) is 0 Å². The Kier molecular flexibility index (Phi) is 12.5. The van der Waals surface area contributed by atoms with Crippen LogP contribution in [-0.2, 0) is 17.6 Å². The van der Waals surface area contributed by atoms with Crippen LogP contribution in [0.2, 0.25) is 15.1 Å². The van der Waals surface area contributed by atoms with Crippen LogP contribution < -0.4 is 9.47 Å². The van der Waals surface area contributed by atoms with Gasteiger partial charge in [-0.1, -0.05) is 60.8 Å². The third kappa shape index (κ3) is 8.18. The van der Waals surface area contributed by atoms with Gasteiger partial charge in [0.05, 0.1) is 23.2 Å². The summed E-state index contributed by atoms with van der Waals surface area (Å²) in [5.74, 6) is -5.71. The number of H-pyrrole nitrogens is 1. The summed E-state index contributed by atoms with van der Waals surface area (Å²) in [6.07, 6.45) is -10.6. The number of ether oxygens (including phenoxy) is 2. The molecule has 0 saturated heterocycles. The Labute approximate surface area is 345 Å². The molecule has 5 rings (SSSR count). The summed E-state index contributed by atoms with van der Waals surface area (Å²) in [5, 5.41) is 49.5. The first-order valence-electron chi connectivity index (χ1n) is 16.6. The topological polar surface area (TPSA) is 160 Å². The predicted octanol–water partition coefficient (Wildman–Crippen LogP) is 11.7. The minimum atomic E-state index is -5.21. The Balaban J connectivity index is 1.44. The van der Waals surface area contributed by atoms with E-state index in [9.17, 15) is 51.7 Å². The second-order valence-electron chi connectivity index (χ2n) is 13.1. The van der Waals surface area contributed by atoms with E-state index < -0.39 is 63.2 Å². The lowest BCUT2D eigenvalue weighted by Crippen LogP contribution is -2.47. The minimum Gasteiger partial charge on any atom is -0.478 e. The van der Waals surface area contributed by atoms with E-state index in [0.29, 0.717) is 11.3 Å². The van der Waals surface area contributed by atoms with Crippen LogP contribution in [0, 0.1) is 29.6 Å². The van der Waals surface area contributed by atoms with Crippen molar-refractivity contribution in [2.24, 2.45) is 0 Å². The number of aromatic carboxylic acids is 1. The van der Waals surface area contributed by atoms with Crippen molar-refractivity contribution in [2.75, 3.05) is 0 Å². The lowest BCUT2D eigenvalue weighted by molar-refractivity contribution is -0.276. The van der Waals surface area contributed by atoms with Gasteiger partial charge in [0.1, 0.15) is 39.5 Å². The largest absolute Gasteiger partial charge is 0.478 e. The smallest absolute Gasteiger partial charge is 0.423 e. The highest BCUT2D eigenvalue weighted by Gasteiger charge is 2.61. The lowest BCUT2D eigenvalue weighted by Gasteiger charge is -2.36. The number of aryl methyl sites for hydroxylation is 1. The molecular formula is C39H28Cl3F6N3O6S. The molecule has 2 aromatic heterocycles. The molecule has 4 atom stereocenters. The van der Waals surface area contributed by atoms with Crippen molar-refractivity contribution in [1.29, 1.82) is 10.5 Å². The van der Waals surface area contributed by atoms with Crippen molar-refractivity contribution in [2.45, 2.75) is 62.6 Å². The van der Waals surface area contributed by atoms with Gasteiger partial charge in [0, 0.05) is 44.6 Å². The van der Waals surface area contributed by atoms with Crippen LogP contribution in [0.15, 0.2) is 66.7 Å². The van der Waals surface area contributed by atoms with Gasteiger partial charge in [-0.05, 0) is 66.1 Å². The summed E-state index contributed by atoms with van der Waals surface area (Å²) in [7, 11) is 0. The molecule has 0 aliphatic heterocycles. The molecule has 0 aliphatic rings. The van der Waals surface area contributed by atoms with Gasteiger partial charge in [0.2, 0.25) is 11.2 Å². The van der Waals surface area contributed by atoms with Gasteiger partial charge in [0.15, 0.2) is 0 Å². The van der Waals surface area contributed by atoms with Gasteiger partial charge < -0.3 is 29.8 Å². The molecule has 58 heavy (non-hydrogen) atoms. The number of nitrogens with one attached hydrogen (secondary N) is 1. The van der Waals surface area contributed by atoms with Crippen LogP contribution in [0.4, 0.5) is 26.3 Å². The number of carboxylic acids is 1. The monoisotopic (exact) mass is 885 g/mol. The summed E-state index contributed by atoms with van der Waals surface area (Å²) in [6.45, 7) is 3.66. The number of hydrogen-bond donors (Lipinski definition) is 4. The fourth-order valence-electron chi connectivity index (χ4n) is 6.32. The maximum absolute atomic E-state index is 14.5. The van der Waals surface area contributed by atoms with E-state index >= 15 is 0 Å². The Morgan fingerprint density at radius 3 is 1.81 bits per heavy atom. The molecule has 3 aromatic carbocycles. The number of rotatable bonds is 12. The van der Waals surface area contributed by atoms with Crippen molar-refractivity contribution in [3.8, 4) is 35.1 Å². The van der Waals surface area contributed by atoms with E-state index in [4.69, 9.17) is 49.5 Å². The molecule has 0 amide bonds. The molecule has 19 heteroatoms. The number of carboxylic acid groups (broad SMARTS) is 1. The van der Waals surface area contributed by atoms with E-state index in [1.165, 1.54) is 31.2 Å². The molecule has 0 bridgehead atoms. The second kappa shape index (κ2) is 16.4. The molecule has 0 spiro atoms. The first-order valence-corrected chi connectivity index (χ1v) is 18.6. The number of carbonyl (C=O) groups is 1. The molecule has 4 N–H and O–H groups in total. The fraction of sp³-hybridized carbons (Fsp3) is 0.256. The van der Waals surface area contributed by atoms with Crippen LogP contribution in [-0.4, -0.2) is 38.6 Å². The molecule has 304 valence electrons. The highest BCUT2D eigenvalue weighted by molar-refractivity contribution is 7.12. The number of nitrogens with zero attached hydrogens (tertiary/aromatic N) is 2. The third-order valence-corrected chi connectivity index (χ3v) is 11.7. The van der Waals surface area contributed by atoms with Gasteiger partial charge in [-0.25, -0.2) is 4.79 Å². The van der Waals surface area contributed by atoms with Crippen molar-refractivity contribution >= 4 is 52.1 Å². The second-order valence-corrected chi connectivity index (χ2v) is 15.4. The minimum absolute atomic E-state index is 0.0000170. The molecular weight excluding hydrogens is 859 g/mol. The predicted molar refractivity (Wildman–Crippen MR) is 202 cm³/mol. The van der Waals surface area contributed by atoms with Gasteiger partial charge in [-0.15, -0.1) is 11.3 Å². The number of benzene rings is 3. The third-order valence-electron chi connectivity index (χ3n) is 9.52. The number of aromatic nitrogens is 1. The maximum atomic E-state index is 14.5. The average Bonchev–Trinajstić information content (AvgIpc) is 3.76. The Hall–Kier alpha value is -4.94. The fourth-order valence-corrected chi connectivity index (χ4v) is 8.44. The standard InChI is InChI=1S/C39H28Cl3F6N3O6S/c1-18-12-33(58-31(18)17-50)37(55,39(46,47)48)20(3)26-7-5-22(13-27(26)40)56-24-15-29(42)34(35(52)53)30(16-24)57-23-6-8-25(28(41)14-23)19(2)36(54,38(43,44)45)32-9-4-21(51-32)10-11-49/h4-9,12-16,19-20,51,54-55H,10H2,1-3H3,(H,52,53). The summed E-state index contributed by atoms with van der Waals surface area (Å²) in [4.78, 5) is 14.2. The number of halogens is 9. The zero-order valence-electron chi connectivity index (χ0n) is 30.0. The molecule has 9 nitrogen and oxygen atoms in total. The van der Waals surface area contributed by atoms with Gasteiger partial charge in [0.25, 0.3) is 0 Å².